The van der Waals surface area contributed by atoms with Crippen molar-refractivity contribution in [2.45, 2.75) is 51.1 Å². The number of benzene rings is 1. The van der Waals surface area contributed by atoms with Crippen LogP contribution in [-0.2, 0) is 6.54 Å². The van der Waals surface area contributed by atoms with Gasteiger partial charge in [0.05, 0.1) is 0 Å². The molecule has 0 saturated heterocycles. The molecule has 0 heterocycles. The molecule has 0 radical (unpaired) electrons. The summed E-state index contributed by atoms with van der Waals surface area (Å²) in [6.07, 6.45) is 7.54. The summed E-state index contributed by atoms with van der Waals surface area (Å²) in [7, 11) is 0.447. The average molecular weight is 279 g/mol. The van der Waals surface area contributed by atoms with Crippen LogP contribution in [0.4, 0.5) is 4.39 Å². The summed E-state index contributed by atoms with van der Waals surface area (Å²) >= 11 is 0. The molecule has 0 unspecified atom stereocenters. The van der Waals surface area contributed by atoms with Gasteiger partial charge in [-0.25, -0.2) is 4.39 Å². The Bertz CT molecular complexity index is 434. The van der Waals surface area contributed by atoms with Crippen molar-refractivity contribution in [1.29, 1.82) is 0 Å². The van der Waals surface area contributed by atoms with E-state index in [2.05, 4.69) is 11.9 Å². The van der Waals surface area contributed by atoms with Crippen molar-refractivity contribution in [3.8, 4) is 0 Å². The zero-order chi connectivity index (χ0) is 14.5. The Morgan fingerprint density at radius 1 is 1.15 bits per heavy atom. The monoisotopic (exact) mass is 279 g/mol. The van der Waals surface area contributed by atoms with E-state index in [0.717, 1.165) is 5.56 Å². The standard InChI is InChI=1S/C15H23BFNO2/c1-18(15-6-4-2-3-5-7-15)11-12-8-13(16(19)20)10-14(17)9-12/h8-10,15,19-20H,2-7,11H2,1H3. The van der Waals surface area contributed by atoms with Gasteiger partial charge < -0.3 is 10.0 Å². The predicted molar refractivity (Wildman–Crippen MR) is 79.2 cm³/mol. The lowest BCUT2D eigenvalue weighted by atomic mass is 9.79. The van der Waals surface area contributed by atoms with E-state index >= 15 is 0 Å². The third-order valence-corrected chi connectivity index (χ3v) is 4.16. The number of rotatable bonds is 4. The molecule has 2 rings (SSSR count). The van der Waals surface area contributed by atoms with Gasteiger partial charge in [0, 0.05) is 12.6 Å². The molecule has 1 aliphatic rings. The number of nitrogens with zero attached hydrogens (tertiary/aromatic N) is 1. The topological polar surface area (TPSA) is 43.7 Å². The zero-order valence-electron chi connectivity index (χ0n) is 12.1. The largest absolute Gasteiger partial charge is 0.488 e. The second-order valence-electron chi connectivity index (χ2n) is 5.83. The Morgan fingerprint density at radius 3 is 2.40 bits per heavy atom. The molecule has 110 valence electrons. The van der Waals surface area contributed by atoms with Gasteiger partial charge in [-0.2, -0.15) is 0 Å². The van der Waals surface area contributed by atoms with Crippen LogP contribution in [0.5, 0.6) is 0 Å². The molecular weight excluding hydrogens is 256 g/mol. The van der Waals surface area contributed by atoms with Crippen molar-refractivity contribution in [2.24, 2.45) is 0 Å². The van der Waals surface area contributed by atoms with Crippen LogP contribution >= 0.6 is 0 Å². The molecule has 1 fully saturated rings. The van der Waals surface area contributed by atoms with Crippen LogP contribution < -0.4 is 5.46 Å². The summed E-state index contributed by atoms with van der Waals surface area (Å²) in [6.45, 7) is 0.641. The Hall–Kier alpha value is -0.905. The van der Waals surface area contributed by atoms with Gasteiger partial charge in [0.1, 0.15) is 5.82 Å². The summed E-state index contributed by atoms with van der Waals surface area (Å²) < 4.78 is 13.5. The lowest BCUT2D eigenvalue weighted by Gasteiger charge is -2.27. The quantitative estimate of drug-likeness (QED) is 0.650. The molecule has 1 aliphatic carbocycles. The Balaban J connectivity index is 2.04. The molecule has 0 amide bonds. The third kappa shape index (κ3) is 4.30. The molecule has 1 aromatic rings. The first kappa shape index (κ1) is 15.5. The van der Waals surface area contributed by atoms with Crippen LogP contribution in [0.3, 0.4) is 0 Å². The van der Waals surface area contributed by atoms with E-state index < -0.39 is 12.9 Å². The Morgan fingerprint density at radius 2 is 1.80 bits per heavy atom. The van der Waals surface area contributed by atoms with Crippen molar-refractivity contribution >= 4 is 12.6 Å². The first-order valence-electron chi connectivity index (χ1n) is 7.42. The number of hydrogen-bond donors (Lipinski definition) is 2. The van der Waals surface area contributed by atoms with E-state index in [9.17, 15) is 4.39 Å². The molecule has 0 atom stereocenters. The van der Waals surface area contributed by atoms with Gasteiger partial charge >= 0.3 is 7.12 Å². The number of hydrogen-bond acceptors (Lipinski definition) is 3. The Labute approximate surface area is 120 Å². The molecule has 5 heteroatoms. The molecule has 20 heavy (non-hydrogen) atoms. The van der Waals surface area contributed by atoms with Crippen LogP contribution in [-0.4, -0.2) is 35.2 Å². The molecule has 1 saturated carbocycles. The van der Waals surface area contributed by atoms with Crippen LogP contribution in [0.25, 0.3) is 0 Å². The van der Waals surface area contributed by atoms with Gasteiger partial charge in [-0.15, -0.1) is 0 Å². The lowest BCUT2D eigenvalue weighted by molar-refractivity contribution is 0.213. The zero-order valence-corrected chi connectivity index (χ0v) is 12.1. The van der Waals surface area contributed by atoms with Gasteiger partial charge in [0.25, 0.3) is 0 Å². The summed E-state index contributed by atoms with van der Waals surface area (Å²) in [4.78, 5) is 2.26. The highest BCUT2D eigenvalue weighted by atomic mass is 19.1. The van der Waals surface area contributed by atoms with E-state index in [4.69, 9.17) is 10.0 Å². The Kier molecular flexibility index (Phi) is 5.58. The van der Waals surface area contributed by atoms with Gasteiger partial charge in [-0.1, -0.05) is 31.7 Å². The van der Waals surface area contributed by atoms with Crippen LogP contribution in [0.2, 0.25) is 0 Å². The molecular formula is C15H23BFNO2. The first-order chi connectivity index (χ1) is 9.56. The minimum Gasteiger partial charge on any atom is -0.423 e. The molecule has 0 bridgehead atoms. The summed E-state index contributed by atoms with van der Waals surface area (Å²) in [5, 5.41) is 18.3. The minimum absolute atomic E-state index is 0.217. The average Bonchev–Trinajstić information content (AvgIpc) is 2.66. The van der Waals surface area contributed by atoms with Crippen molar-refractivity contribution in [2.75, 3.05) is 7.05 Å². The lowest BCUT2D eigenvalue weighted by Crippen LogP contribution is -2.33. The maximum absolute atomic E-state index is 13.5. The predicted octanol–water partition coefficient (Wildman–Crippen LogP) is 1.66. The molecule has 1 aromatic carbocycles. The van der Waals surface area contributed by atoms with E-state index in [-0.39, 0.29) is 5.46 Å². The van der Waals surface area contributed by atoms with Crippen molar-refractivity contribution in [3.05, 3.63) is 29.6 Å². The van der Waals surface area contributed by atoms with Gasteiger partial charge in [-0.3, -0.25) is 4.90 Å². The van der Waals surface area contributed by atoms with E-state index in [1.165, 1.54) is 50.7 Å². The fourth-order valence-electron chi connectivity index (χ4n) is 3.03. The van der Waals surface area contributed by atoms with E-state index in [0.29, 0.717) is 12.6 Å². The SMILES string of the molecule is CN(Cc1cc(F)cc(B(O)O)c1)C1CCCCCC1. The normalized spacial score (nSPS) is 17.2. The second-order valence-corrected chi connectivity index (χ2v) is 5.83. The van der Waals surface area contributed by atoms with E-state index in [1.807, 2.05) is 0 Å². The van der Waals surface area contributed by atoms with Crippen molar-refractivity contribution in [3.63, 3.8) is 0 Å². The second kappa shape index (κ2) is 7.20. The van der Waals surface area contributed by atoms with E-state index in [1.54, 1.807) is 6.07 Å². The number of halogens is 1. The fraction of sp³-hybridized carbons (Fsp3) is 0.600. The highest BCUT2D eigenvalue weighted by molar-refractivity contribution is 6.58. The molecule has 0 aromatic heterocycles. The smallest absolute Gasteiger partial charge is 0.423 e. The highest BCUT2D eigenvalue weighted by Crippen LogP contribution is 2.22. The van der Waals surface area contributed by atoms with Crippen molar-refractivity contribution < 1.29 is 14.4 Å². The summed E-state index contributed by atoms with van der Waals surface area (Å²) in [5.41, 5.74) is 1.01. The summed E-state index contributed by atoms with van der Waals surface area (Å²) in [5.74, 6) is -0.417. The molecule has 0 spiro atoms. The highest BCUT2D eigenvalue weighted by Gasteiger charge is 2.18. The molecule has 2 N–H and O–H groups in total. The molecule has 3 nitrogen and oxygen atoms in total. The van der Waals surface area contributed by atoms with Gasteiger partial charge in [-0.05, 0) is 43.0 Å². The molecule has 0 aliphatic heterocycles. The fourth-order valence-corrected chi connectivity index (χ4v) is 3.03. The first-order valence-corrected chi connectivity index (χ1v) is 7.42. The van der Waals surface area contributed by atoms with Gasteiger partial charge in [0.15, 0.2) is 0 Å². The maximum Gasteiger partial charge on any atom is 0.488 e. The third-order valence-electron chi connectivity index (χ3n) is 4.16. The minimum atomic E-state index is -1.62. The summed E-state index contributed by atoms with van der Waals surface area (Å²) in [6, 6.07) is 4.85. The van der Waals surface area contributed by atoms with Gasteiger partial charge in [0.2, 0.25) is 0 Å². The van der Waals surface area contributed by atoms with Crippen molar-refractivity contribution in [1.82, 2.24) is 4.90 Å². The van der Waals surface area contributed by atoms with Crippen LogP contribution in [0, 0.1) is 5.82 Å². The van der Waals surface area contributed by atoms with Crippen LogP contribution in [0.1, 0.15) is 44.1 Å². The van der Waals surface area contributed by atoms with Crippen LogP contribution in [0.15, 0.2) is 18.2 Å². The maximum atomic E-state index is 13.5.